The molecule has 1 spiro atoms. The van der Waals surface area contributed by atoms with Crippen molar-refractivity contribution in [3.05, 3.63) is 12.2 Å². The van der Waals surface area contributed by atoms with Gasteiger partial charge in [-0.3, -0.25) is 4.79 Å². The van der Waals surface area contributed by atoms with Gasteiger partial charge in [0.05, 0.1) is 6.61 Å². The number of hydrogen-bond acceptors (Lipinski definition) is 2. The summed E-state index contributed by atoms with van der Waals surface area (Å²) in [7, 11) is 0. The predicted octanol–water partition coefficient (Wildman–Crippen LogP) is 9.42. The zero-order valence-electron chi connectivity index (χ0n) is 23.1. The van der Waals surface area contributed by atoms with E-state index in [0.717, 1.165) is 12.3 Å². The van der Waals surface area contributed by atoms with E-state index in [1.807, 2.05) is 0 Å². The Hall–Kier alpha value is -0.790. The Labute approximate surface area is 211 Å². The summed E-state index contributed by atoms with van der Waals surface area (Å²) in [6, 6.07) is 0. The fourth-order valence-electron chi connectivity index (χ4n) is 9.34. The Morgan fingerprint density at radius 2 is 1.50 bits per heavy atom. The van der Waals surface area contributed by atoms with Gasteiger partial charge < -0.3 is 4.74 Å². The van der Waals surface area contributed by atoms with Crippen molar-refractivity contribution in [3.8, 4) is 0 Å². The highest BCUT2D eigenvalue weighted by Gasteiger charge is 2.63. The van der Waals surface area contributed by atoms with Gasteiger partial charge in [0.1, 0.15) is 0 Å². The largest absolute Gasteiger partial charge is 0.465 e. The summed E-state index contributed by atoms with van der Waals surface area (Å²) in [5, 5.41) is 0. The summed E-state index contributed by atoms with van der Waals surface area (Å²) >= 11 is 0. The molecule has 4 aliphatic carbocycles. The Bertz CT molecular complexity index is 727. The second kappa shape index (κ2) is 10.7. The van der Waals surface area contributed by atoms with Crippen LogP contribution in [0.2, 0.25) is 0 Å². The minimum Gasteiger partial charge on any atom is -0.465 e. The van der Waals surface area contributed by atoms with Gasteiger partial charge in [0, 0.05) is 11.8 Å². The molecule has 0 aliphatic heterocycles. The van der Waals surface area contributed by atoms with Crippen LogP contribution in [0, 0.1) is 33.5 Å². The van der Waals surface area contributed by atoms with Gasteiger partial charge in [-0.15, -0.1) is 0 Å². The van der Waals surface area contributed by atoms with Gasteiger partial charge in [-0.1, -0.05) is 97.6 Å². The van der Waals surface area contributed by atoms with Crippen LogP contribution in [0.5, 0.6) is 0 Å². The number of carbonyl (C=O) groups is 1. The topological polar surface area (TPSA) is 26.3 Å². The molecule has 0 saturated heterocycles. The van der Waals surface area contributed by atoms with Crippen LogP contribution in [0.25, 0.3) is 0 Å². The first-order chi connectivity index (χ1) is 16.3. The maximum Gasteiger partial charge on any atom is 0.305 e. The SMILES string of the molecule is CCCCCCCCCCCC(=O)OC[C@@]1(C)CCC[C@]2(C)[C@@H]1CC[C@@]13C=C[C@@](C)(CC[C@H]12)C3. The first-order valence-electron chi connectivity index (χ1n) is 15.1. The molecule has 0 N–H and O–H groups in total. The molecule has 4 rings (SSSR count). The molecule has 2 heteroatoms. The van der Waals surface area contributed by atoms with Crippen molar-refractivity contribution in [2.45, 2.75) is 143 Å². The number of esters is 1. The van der Waals surface area contributed by atoms with Crippen LogP contribution in [0.15, 0.2) is 12.2 Å². The van der Waals surface area contributed by atoms with Crippen molar-refractivity contribution in [3.63, 3.8) is 0 Å². The fourth-order valence-corrected chi connectivity index (χ4v) is 9.34. The molecule has 4 aliphatic rings. The third-order valence-electron chi connectivity index (χ3n) is 11.1. The van der Waals surface area contributed by atoms with Crippen molar-refractivity contribution in [2.24, 2.45) is 33.5 Å². The Morgan fingerprint density at radius 3 is 2.24 bits per heavy atom. The fraction of sp³-hybridized carbons (Fsp3) is 0.906. The monoisotopic (exact) mass is 470 g/mol. The van der Waals surface area contributed by atoms with Crippen LogP contribution in [0.3, 0.4) is 0 Å². The molecule has 0 amide bonds. The number of carbonyl (C=O) groups excluding carboxylic acids is 1. The zero-order valence-corrected chi connectivity index (χ0v) is 23.1. The molecule has 34 heavy (non-hydrogen) atoms. The number of unbranched alkanes of at least 4 members (excludes halogenated alkanes) is 8. The Morgan fingerprint density at radius 1 is 0.824 bits per heavy atom. The molecule has 0 aromatic heterocycles. The van der Waals surface area contributed by atoms with Crippen LogP contribution in [-0.4, -0.2) is 12.6 Å². The maximum atomic E-state index is 12.6. The van der Waals surface area contributed by atoms with Gasteiger partial charge >= 0.3 is 5.97 Å². The summed E-state index contributed by atoms with van der Waals surface area (Å²) in [6.07, 6.45) is 28.2. The molecule has 194 valence electrons. The highest BCUT2D eigenvalue weighted by molar-refractivity contribution is 5.69. The average molecular weight is 471 g/mol. The van der Waals surface area contributed by atoms with E-state index in [2.05, 4.69) is 39.8 Å². The van der Waals surface area contributed by atoms with Crippen molar-refractivity contribution in [2.75, 3.05) is 6.61 Å². The van der Waals surface area contributed by atoms with Crippen molar-refractivity contribution in [1.82, 2.24) is 0 Å². The molecular weight excluding hydrogens is 416 g/mol. The molecule has 0 radical (unpaired) electrons. The molecule has 6 atom stereocenters. The molecule has 3 fully saturated rings. The minimum absolute atomic E-state index is 0.0517. The molecule has 0 aromatic carbocycles. The lowest BCUT2D eigenvalue weighted by molar-refractivity contribution is -0.171. The predicted molar refractivity (Wildman–Crippen MR) is 143 cm³/mol. The van der Waals surface area contributed by atoms with Gasteiger partial charge in [-0.25, -0.2) is 0 Å². The summed E-state index contributed by atoms with van der Waals surface area (Å²) in [5.41, 5.74) is 1.49. The second-order valence-corrected chi connectivity index (χ2v) is 13.8. The first-order valence-corrected chi connectivity index (χ1v) is 15.1. The van der Waals surface area contributed by atoms with E-state index in [1.165, 1.54) is 103 Å². The van der Waals surface area contributed by atoms with E-state index in [0.29, 0.717) is 35.2 Å². The quantitative estimate of drug-likeness (QED) is 0.161. The number of fused-ring (bicyclic) bond motifs is 3. The molecular formula is C32H54O2. The molecule has 2 bridgehead atoms. The van der Waals surface area contributed by atoms with Gasteiger partial charge in [0.2, 0.25) is 0 Å². The van der Waals surface area contributed by atoms with E-state index in [-0.39, 0.29) is 11.4 Å². The maximum absolute atomic E-state index is 12.6. The van der Waals surface area contributed by atoms with E-state index in [4.69, 9.17) is 4.74 Å². The third kappa shape index (κ3) is 5.31. The lowest BCUT2D eigenvalue weighted by Crippen LogP contribution is -2.58. The van der Waals surface area contributed by atoms with Gasteiger partial charge in [0.15, 0.2) is 0 Å². The van der Waals surface area contributed by atoms with Crippen molar-refractivity contribution >= 4 is 5.97 Å². The minimum atomic E-state index is 0.0517. The second-order valence-electron chi connectivity index (χ2n) is 13.8. The summed E-state index contributed by atoms with van der Waals surface area (Å²) < 4.78 is 6.01. The van der Waals surface area contributed by atoms with Crippen molar-refractivity contribution < 1.29 is 9.53 Å². The van der Waals surface area contributed by atoms with Gasteiger partial charge in [-0.05, 0) is 79.4 Å². The van der Waals surface area contributed by atoms with Crippen LogP contribution in [-0.2, 0) is 9.53 Å². The van der Waals surface area contributed by atoms with E-state index >= 15 is 0 Å². The summed E-state index contributed by atoms with van der Waals surface area (Å²) in [5.74, 6) is 1.57. The number of hydrogen-bond donors (Lipinski definition) is 0. The molecule has 3 saturated carbocycles. The van der Waals surface area contributed by atoms with Crippen LogP contribution in [0.1, 0.15) is 143 Å². The molecule has 0 unspecified atom stereocenters. The Balaban J connectivity index is 1.23. The summed E-state index contributed by atoms with van der Waals surface area (Å²) in [6.45, 7) is 10.5. The number of ether oxygens (including phenoxy) is 1. The Kier molecular flexibility index (Phi) is 8.25. The lowest BCUT2D eigenvalue weighted by Gasteiger charge is -2.64. The standard InChI is InChI=1S/C32H54O2/c1-5-6-7-8-9-10-11-12-13-15-28(33)34-25-30(3)18-14-19-31(4)26(30)17-21-32-23-22-29(2,24-32)20-16-27(31)32/h22-23,26-27H,5-21,24-25H2,1-4H3/t26-,27+,29-,30-,31-,32+/m1/s1. The molecule has 2 nitrogen and oxygen atoms in total. The van der Waals surface area contributed by atoms with Gasteiger partial charge in [-0.2, -0.15) is 0 Å². The number of rotatable bonds is 12. The first kappa shape index (κ1) is 26.3. The van der Waals surface area contributed by atoms with E-state index < -0.39 is 0 Å². The van der Waals surface area contributed by atoms with E-state index in [9.17, 15) is 4.79 Å². The zero-order chi connectivity index (χ0) is 24.3. The van der Waals surface area contributed by atoms with Crippen LogP contribution in [0.4, 0.5) is 0 Å². The highest BCUT2D eigenvalue weighted by atomic mass is 16.5. The van der Waals surface area contributed by atoms with E-state index in [1.54, 1.807) is 0 Å². The van der Waals surface area contributed by atoms with Crippen molar-refractivity contribution in [1.29, 1.82) is 0 Å². The van der Waals surface area contributed by atoms with Gasteiger partial charge in [0.25, 0.3) is 0 Å². The third-order valence-corrected chi connectivity index (χ3v) is 11.1. The smallest absolute Gasteiger partial charge is 0.305 e. The van der Waals surface area contributed by atoms with Crippen LogP contribution >= 0.6 is 0 Å². The highest BCUT2D eigenvalue weighted by Crippen LogP contribution is 2.71. The lowest BCUT2D eigenvalue weighted by atomic mass is 9.40. The molecule has 0 aromatic rings. The molecule has 0 heterocycles. The average Bonchev–Trinajstić information content (AvgIpc) is 3.05. The normalized spacial score (nSPS) is 40.6. The summed E-state index contributed by atoms with van der Waals surface area (Å²) in [4.78, 5) is 12.6. The van der Waals surface area contributed by atoms with Crippen LogP contribution < -0.4 is 0 Å². The number of allylic oxidation sites excluding steroid dienone is 2.